The number of piperidine rings is 1. The Hall–Kier alpha value is -1.95. The Morgan fingerprint density at radius 2 is 2.05 bits per heavy atom. The molecule has 1 amide bonds. The maximum absolute atomic E-state index is 12.3. The maximum Gasteiger partial charge on any atom is 0.337 e. The van der Waals surface area contributed by atoms with Crippen molar-refractivity contribution in [2.45, 2.75) is 19.8 Å². The van der Waals surface area contributed by atoms with Crippen LogP contribution in [0, 0.1) is 5.41 Å². The number of nitrogens with one attached hydrogen (secondary N) is 2. The topological polar surface area (TPSA) is 91.3 Å². The number of nitrogens with zero attached hydrogens (tertiary/aromatic N) is 1. The van der Waals surface area contributed by atoms with Gasteiger partial charge in [0.15, 0.2) is 0 Å². The molecule has 3 N–H and O–H groups in total. The number of carbonyl (C=O) groups is 2. The predicted molar refractivity (Wildman–Crippen MR) is 70.0 cm³/mol. The molecule has 2 heterocycles. The molecule has 1 aliphatic heterocycles. The second-order valence-corrected chi connectivity index (χ2v) is 5.03. The number of aromatic carboxylic acids is 1. The summed E-state index contributed by atoms with van der Waals surface area (Å²) in [5.74, 6) is -1.14. The minimum atomic E-state index is -1.06. The normalized spacial score (nSPS) is 17.7. The maximum atomic E-state index is 12.3. The summed E-state index contributed by atoms with van der Waals surface area (Å²) in [6.07, 6.45) is 4.24. The number of anilines is 1. The van der Waals surface area contributed by atoms with Crippen molar-refractivity contribution in [3.05, 3.63) is 24.0 Å². The van der Waals surface area contributed by atoms with Crippen molar-refractivity contribution < 1.29 is 14.7 Å². The van der Waals surface area contributed by atoms with E-state index >= 15 is 0 Å². The van der Waals surface area contributed by atoms with Crippen LogP contribution in [0.4, 0.5) is 5.69 Å². The number of rotatable bonds is 3. The van der Waals surface area contributed by atoms with Gasteiger partial charge in [0, 0.05) is 11.6 Å². The van der Waals surface area contributed by atoms with Crippen molar-refractivity contribution in [1.29, 1.82) is 0 Å². The van der Waals surface area contributed by atoms with E-state index in [1.54, 1.807) is 0 Å². The largest absolute Gasteiger partial charge is 0.478 e. The van der Waals surface area contributed by atoms with Crippen molar-refractivity contribution in [1.82, 2.24) is 10.3 Å². The van der Waals surface area contributed by atoms with Crippen molar-refractivity contribution in [3.8, 4) is 0 Å². The lowest BCUT2D eigenvalue weighted by atomic mass is 9.80. The number of pyridine rings is 1. The van der Waals surface area contributed by atoms with Crippen LogP contribution >= 0.6 is 0 Å². The summed E-state index contributed by atoms with van der Waals surface area (Å²) in [5, 5.41) is 14.8. The fourth-order valence-electron chi connectivity index (χ4n) is 2.11. The molecule has 0 spiro atoms. The van der Waals surface area contributed by atoms with E-state index in [1.807, 2.05) is 6.92 Å². The third-order valence-electron chi connectivity index (χ3n) is 3.50. The minimum absolute atomic E-state index is 0.0632. The van der Waals surface area contributed by atoms with Gasteiger partial charge >= 0.3 is 5.97 Å². The predicted octanol–water partition coefficient (Wildman–Crippen LogP) is 1.11. The van der Waals surface area contributed by atoms with Crippen LogP contribution in [0.25, 0.3) is 0 Å². The van der Waals surface area contributed by atoms with E-state index < -0.39 is 11.4 Å². The van der Waals surface area contributed by atoms with E-state index in [-0.39, 0.29) is 11.5 Å². The summed E-state index contributed by atoms with van der Waals surface area (Å²) in [6, 6.07) is 1.41. The molecule has 1 aromatic rings. The fourth-order valence-corrected chi connectivity index (χ4v) is 2.11. The summed E-state index contributed by atoms with van der Waals surface area (Å²) in [7, 11) is 0. The molecule has 1 saturated heterocycles. The Bertz CT molecular complexity index is 496. The van der Waals surface area contributed by atoms with Gasteiger partial charge in [0.05, 0.1) is 17.4 Å². The fraction of sp³-hybridized carbons (Fsp3) is 0.462. The van der Waals surface area contributed by atoms with Gasteiger partial charge in [0.1, 0.15) is 0 Å². The lowest BCUT2D eigenvalue weighted by molar-refractivity contribution is -0.126. The van der Waals surface area contributed by atoms with Crippen LogP contribution in [0.1, 0.15) is 30.1 Å². The Kier molecular flexibility index (Phi) is 3.80. The smallest absolute Gasteiger partial charge is 0.337 e. The molecule has 1 aromatic heterocycles. The molecule has 0 aliphatic carbocycles. The molecule has 0 radical (unpaired) electrons. The first-order chi connectivity index (χ1) is 9.01. The third kappa shape index (κ3) is 3.08. The van der Waals surface area contributed by atoms with Crippen LogP contribution in [0.3, 0.4) is 0 Å². The van der Waals surface area contributed by atoms with Crippen molar-refractivity contribution >= 4 is 17.6 Å². The number of hydrogen-bond acceptors (Lipinski definition) is 4. The number of carboxylic acid groups (broad SMARTS) is 1. The second-order valence-electron chi connectivity index (χ2n) is 5.03. The van der Waals surface area contributed by atoms with Gasteiger partial charge in [-0.05, 0) is 32.0 Å². The third-order valence-corrected chi connectivity index (χ3v) is 3.50. The molecule has 0 bridgehead atoms. The number of aromatic nitrogens is 1. The molecular formula is C13H17N3O3. The molecule has 19 heavy (non-hydrogen) atoms. The molecule has 6 heteroatoms. The molecule has 0 atom stereocenters. The first-order valence-corrected chi connectivity index (χ1v) is 6.22. The van der Waals surface area contributed by atoms with Gasteiger partial charge in [-0.3, -0.25) is 9.78 Å². The van der Waals surface area contributed by atoms with Crippen LogP contribution < -0.4 is 10.6 Å². The molecular weight excluding hydrogens is 246 g/mol. The second kappa shape index (κ2) is 5.36. The zero-order chi connectivity index (χ0) is 13.9. The first-order valence-electron chi connectivity index (χ1n) is 6.22. The quantitative estimate of drug-likeness (QED) is 0.759. The molecule has 6 nitrogen and oxygen atoms in total. The zero-order valence-corrected chi connectivity index (χ0v) is 10.8. The average molecular weight is 263 g/mol. The van der Waals surface area contributed by atoms with E-state index in [4.69, 9.17) is 5.11 Å². The van der Waals surface area contributed by atoms with E-state index in [0.29, 0.717) is 5.69 Å². The highest BCUT2D eigenvalue weighted by molar-refractivity contribution is 5.96. The summed E-state index contributed by atoms with van der Waals surface area (Å²) in [6.45, 7) is 3.56. The minimum Gasteiger partial charge on any atom is -0.478 e. The monoisotopic (exact) mass is 263 g/mol. The van der Waals surface area contributed by atoms with Gasteiger partial charge in [0.25, 0.3) is 0 Å². The summed E-state index contributed by atoms with van der Waals surface area (Å²) >= 11 is 0. The number of amides is 1. The lowest BCUT2D eigenvalue weighted by Gasteiger charge is -2.32. The molecule has 1 fully saturated rings. The molecule has 0 aromatic carbocycles. The summed E-state index contributed by atoms with van der Waals surface area (Å²) in [4.78, 5) is 26.9. The van der Waals surface area contributed by atoms with E-state index in [2.05, 4.69) is 15.6 Å². The van der Waals surface area contributed by atoms with Gasteiger partial charge < -0.3 is 15.7 Å². The van der Waals surface area contributed by atoms with Gasteiger partial charge in [-0.2, -0.15) is 0 Å². The van der Waals surface area contributed by atoms with E-state index in [1.165, 1.54) is 18.5 Å². The highest BCUT2D eigenvalue weighted by atomic mass is 16.4. The van der Waals surface area contributed by atoms with Gasteiger partial charge in [0.2, 0.25) is 5.91 Å². The lowest BCUT2D eigenvalue weighted by Crippen LogP contribution is -2.42. The number of carboxylic acids is 1. The van der Waals surface area contributed by atoms with Gasteiger partial charge in [-0.1, -0.05) is 6.92 Å². The van der Waals surface area contributed by atoms with Crippen molar-refractivity contribution in [2.75, 3.05) is 18.4 Å². The Morgan fingerprint density at radius 3 is 2.68 bits per heavy atom. The highest BCUT2D eigenvalue weighted by Gasteiger charge is 2.34. The number of hydrogen-bond donors (Lipinski definition) is 3. The average Bonchev–Trinajstić information content (AvgIpc) is 2.40. The Morgan fingerprint density at radius 1 is 1.37 bits per heavy atom. The van der Waals surface area contributed by atoms with Crippen LogP contribution in [-0.2, 0) is 4.79 Å². The standard InChI is InChI=1S/C13H17N3O3/c1-13(2-4-14-5-3-13)12(19)16-10-6-9(11(17)18)7-15-8-10/h6-8,14H,2-5H2,1H3,(H,16,19)(H,17,18). The van der Waals surface area contributed by atoms with Crippen LogP contribution in [0.2, 0.25) is 0 Å². The van der Waals surface area contributed by atoms with Crippen LogP contribution in [0.5, 0.6) is 0 Å². The van der Waals surface area contributed by atoms with E-state index in [9.17, 15) is 9.59 Å². The molecule has 0 saturated carbocycles. The molecule has 2 rings (SSSR count). The van der Waals surface area contributed by atoms with Crippen molar-refractivity contribution in [2.24, 2.45) is 5.41 Å². The van der Waals surface area contributed by atoms with Crippen LogP contribution in [0.15, 0.2) is 18.5 Å². The zero-order valence-electron chi connectivity index (χ0n) is 10.8. The van der Waals surface area contributed by atoms with Crippen LogP contribution in [-0.4, -0.2) is 35.1 Å². The SMILES string of the molecule is CC1(C(=O)Nc2cncc(C(=O)O)c2)CCNCC1. The Balaban J connectivity index is 2.10. The summed E-state index contributed by atoms with van der Waals surface area (Å²) in [5.41, 5.74) is 0.0720. The van der Waals surface area contributed by atoms with Crippen molar-refractivity contribution in [3.63, 3.8) is 0 Å². The molecule has 0 unspecified atom stereocenters. The molecule has 1 aliphatic rings. The van der Waals surface area contributed by atoms with Gasteiger partial charge in [-0.25, -0.2) is 4.79 Å². The van der Waals surface area contributed by atoms with E-state index in [0.717, 1.165) is 25.9 Å². The number of carbonyl (C=O) groups excluding carboxylic acids is 1. The highest BCUT2D eigenvalue weighted by Crippen LogP contribution is 2.29. The first kappa shape index (κ1) is 13.5. The van der Waals surface area contributed by atoms with Gasteiger partial charge in [-0.15, -0.1) is 0 Å². The molecule has 102 valence electrons. The summed E-state index contributed by atoms with van der Waals surface area (Å²) < 4.78 is 0. The Labute approximate surface area is 111 Å².